The van der Waals surface area contributed by atoms with Crippen molar-refractivity contribution in [3.05, 3.63) is 59.7 Å². The summed E-state index contributed by atoms with van der Waals surface area (Å²) in [6, 6.07) is 15.5. The van der Waals surface area contributed by atoms with Crippen molar-refractivity contribution in [2.45, 2.75) is 32.6 Å². The largest absolute Gasteiger partial charge is 0.351 e. The van der Waals surface area contributed by atoms with E-state index in [1.807, 2.05) is 55.5 Å². The zero-order chi connectivity index (χ0) is 17.3. The van der Waals surface area contributed by atoms with Crippen LogP contribution in [0.3, 0.4) is 0 Å². The molecule has 0 aliphatic carbocycles. The van der Waals surface area contributed by atoms with Gasteiger partial charge in [0, 0.05) is 6.54 Å². The zero-order valence-corrected chi connectivity index (χ0v) is 14.8. The van der Waals surface area contributed by atoms with Crippen LogP contribution in [0.25, 0.3) is 11.0 Å². The smallest absolute Gasteiger partial charge is 0.244 e. The van der Waals surface area contributed by atoms with Gasteiger partial charge in [-0.05, 0) is 44.0 Å². The van der Waals surface area contributed by atoms with Crippen LogP contribution in [0.4, 0.5) is 5.95 Å². The van der Waals surface area contributed by atoms with Gasteiger partial charge in [-0.2, -0.15) is 0 Å². The summed E-state index contributed by atoms with van der Waals surface area (Å²) in [4.78, 5) is 4.49. The molecule has 3 rings (SSSR count). The molecule has 0 aliphatic rings. The third-order valence-electron chi connectivity index (χ3n) is 3.91. The number of aromatic nitrogens is 2. The molecule has 24 heavy (non-hydrogen) atoms. The van der Waals surface area contributed by atoms with Gasteiger partial charge in [-0.1, -0.05) is 36.4 Å². The van der Waals surface area contributed by atoms with Gasteiger partial charge in [0.15, 0.2) is 0 Å². The van der Waals surface area contributed by atoms with Gasteiger partial charge in [0.05, 0.1) is 16.3 Å². The van der Waals surface area contributed by atoms with Crippen LogP contribution in [0.15, 0.2) is 48.5 Å². The molecule has 0 aliphatic heterocycles. The summed E-state index contributed by atoms with van der Waals surface area (Å²) < 4.78 is 27.0. The number of nitrogens with zero attached hydrogens (tertiary/aromatic N) is 2. The molecular weight excluding hydrogens is 322 g/mol. The Balaban J connectivity index is 2.09. The van der Waals surface area contributed by atoms with Crippen molar-refractivity contribution in [3.8, 4) is 0 Å². The van der Waals surface area contributed by atoms with E-state index in [2.05, 4.69) is 10.3 Å². The van der Waals surface area contributed by atoms with E-state index in [1.54, 1.807) is 13.8 Å². The summed E-state index contributed by atoms with van der Waals surface area (Å²) in [7, 11) is -3.52. The Bertz CT molecular complexity index is 961. The average molecular weight is 343 g/mol. The maximum Gasteiger partial charge on any atom is 0.244 e. The van der Waals surface area contributed by atoms with Crippen LogP contribution >= 0.6 is 0 Å². The van der Waals surface area contributed by atoms with Gasteiger partial charge in [-0.25, -0.2) is 17.4 Å². The topological polar surface area (TPSA) is 64.0 Å². The van der Waals surface area contributed by atoms with Gasteiger partial charge in [0.1, 0.15) is 0 Å². The highest BCUT2D eigenvalue weighted by atomic mass is 32.2. The molecule has 1 N–H and O–H groups in total. The van der Waals surface area contributed by atoms with Crippen LogP contribution in [0.2, 0.25) is 0 Å². The first-order valence-electron chi connectivity index (χ1n) is 7.91. The Kier molecular flexibility index (Phi) is 4.32. The summed E-state index contributed by atoms with van der Waals surface area (Å²) in [5, 5.41) is 2.64. The number of imidazole rings is 1. The standard InChI is InChI=1S/C18H21N3O2S/c1-13(2)24(22,23)21-17-11-14(3)9-10-16(17)20-18(21)19-12-15-7-5-4-6-8-15/h4-11,13H,12H2,1-3H3,(H,19,20). The molecule has 126 valence electrons. The Morgan fingerprint density at radius 1 is 1.12 bits per heavy atom. The molecule has 0 atom stereocenters. The summed E-state index contributed by atoms with van der Waals surface area (Å²) in [5.74, 6) is 0.355. The predicted molar refractivity (Wildman–Crippen MR) is 97.7 cm³/mol. The fraction of sp³-hybridized carbons (Fsp3) is 0.278. The number of aryl methyl sites for hydroxylation is 1. The summed E-state index contributed by atoms with van der Waals surface area (Å²) in [6.07, 6.45) is 0. The molecule has 1 aromatic heterocycles. The molecule has 0 spiro atoms. The Hall–Kier alpha value is -2.34. The molecule has 0 saturated heterocycles. The van der Waals surface area contributed by atoms with E-state index in [0.29, 0.717) is 23.5 Å². The lowest BCUT2D eigenvalue weighted by Crippen LogP contribution is -2.24. The molecule has 0 saturated carbocycles. The number of hydrogen-bond donors (Lipinski definition) is 1. The lowest BCUT2D eigenvalue weighted by atomic mass is 10.2. The van der Waals surface area contributed by atoms with E-state index in [-0.39, 0.29) is 0 Å². The van der Waals surface area contributed by atoms with Gasteiger partial charge >= 0.3 is 0 Å². The van der Waals surface area contributed by atoms with Crippen LogP contribution in [0.5, 0.6) is 0 Å². The van der Waals surface area contributed by atoms with E-state index in [9.17, 15) is 8.42 Å². The molecular formula is C18H21N3O2S. The quantitative estimate of drug-likeness (QED) is 0.769. The van der Waals surface area contributed by atoms with Crippen molar-refractivity contribution in [1.29, 1.82) is 0 Å². The monoisotopic (exact) mass is 343 g/mol. The molecule has 0 unspecified atom stereocenters. The van der Waals surface area contributed by atoms with Crippen LogP contribution in [0, 0.1) is 6.92 Å². The molecule has 0 bridgehead atoms. The summed E-state index contributed by atoms with van der Waals surface area (Å²) in [6.45, 7) is 5.81. The van der Waals surface area contributed by atoms with Gasteiger partial charge in [0.2, 0.25) is 16.0 Å². The first kappa shape index (κ1) is 16.5. The molecule has 0 fully saturated rings. The van der Waals surface area contributed by atoms with Crippen molar-refractivity contribution in [3.63, 3.8) is 0 Å². The van der Waals surface area contributed by atoms with Crippen LogP contribution in [0.1, 0.15) is 25.0 Å². The number of nitrogens with one attached hydrogen (secondary N) is 1. The fourth-order valence-corrected chi connectivity index (χ4v) is 3.71. The van der Waals surface area contributed by atoms with E-state index in [4.69, 9.17) is 0 Å². The SMILES string of the molecule is Cc1ccc2nc(NCc3ccccc3)n(S(=O)(=O)C(C)C)c2c1. The fourth-order valence-electron chi connectivity index (χ4n) is 2.52. The number of benzene rings is 2. The zero-order valence-electron chi connectivity index (χ0n) is 14.0. The summed E-state index contributed by atoms with van der Waals surface area (Å²) >= 11 is 0. The third-order valence-corrected chi connectivity index (χ3v) is 5.98. The van der Waals surface area contributed by atoms with Crippen molar-refractivity contribution in [1.82, 2.24) is 8.96 Å². The highest BCUT2D eigenvalue weighted by molar-refractivity contribution is 7.90. The molecule has 6 heteroatoms. The second-order valence-corrected chi connectivity index (χ2v) is 8.46. The lowest BCUT2D eigenvalue weighted by molar-refractivity contribution is 0.580. The minimum absolute atomic E-state index is 0.355. The molecule has 1 heterocycles. The minimum Gasteiger partial charge on any atom is -0.351 e. The maximum atomic E-state index is 12.8. The second kappa shape index (κ2) is 6.28. The lowest BCUT2D eigenvalue weighted by Gasteiger charge is -2.14. The van der Waals surface area contributed by atoms with E-state index in [0.717, 1.165) is 11.1 Å². The van der Waals surface area contributed by atoms with Crippen LogP contribution < -0.4 is 5.32 Å². The summed E-state index contributed by atoms with van der Waals surface area (Å²) in [5.41, 5.74) is 3.34. The second-order valence-electron chi connectivity index (χ2n) is 6.12. The Morgan fingerprint density at radius 3 is 2.50 bits per heavy atom. The molecule has 0 amide bonds. The average Bonchev–Trinajstić information content (AvgIpc) is 2.92. The van der Waals surface area contributed by atoms with Crippen LogP contribution in [-0.4, -0.2) is 22.6 Å². The van der Waals surface area contributed by atoms with Crippen LogP contribution in [-0.2, 0) is 16.6 Å². The van der Waals surface area contributed by atoms with Gasteiger partial charge in [-0.3, -0.25) is 0 Å². The van der Waals surface area contributed by atoms with Gasteiger partial charge < -0.3 is 5.32 Å². The third kappa shape index (κ3) is 3.01. The molecule has 3 aromatic rings. The van der Waals surface area contributed by atoms with Gasteiger partial charge in [-0.15, -0.1) is 0 Å². The predicted octanol–water partition coefficient (Wildman–Crippen LogP) is 3.54. The first-order chi connectivity index (χ1) is 11.4. The number of anilines is 1. The molecule has 5 nitrogen and oxygen atoms in total. The maximum absolute atomic E-state index is 12.8. The normalized spacial score (nSPS) is 12.0. The molecule has 2 aromatic carbocycles. The highest BCUT2D eigenvalue weighted by Crippen LogP contribution is 2.25. The van der Waals surface area contributed by atoms with Crippen molar-refractivity contribution >= 4 is 27.0 Å². The molecule has 0 radical (unpaired) electrons. The minimum atomic E-state index is -3.52. The number of rotatable bonds is 5. The Labute approximate surface area is 142 Å². The van der Waals surface area contributed by atoms with E-state index < -0.39 is 15.3 Å². The van der Waals surface area contributed by atoms with E-state index >= 15 is 0 Å². The van der Waals surface area contributed by atoms with E-state index in [1.165, 1.54) is 3.97 Å². The van der Waals surface area contributed by atoms with Crippen molar-refractivity contribution in [2.24, 2.45) is 0 Å². The Morgan fingerprint density at radius 2 is 1.83 bits per heavy atom. The van der Waals surface area contributed by atoms with Crippen molar-refractivity contribution in [2.75, 3.05) is 5.32 Å². The number of hydrogen-bond acceptors (Lipinski definition) is 4. The highest BCUT2D eigenvalue weighted by Gasteiger charge is 2.25. The van der Waals surface area contributed by atoms with Crippen molar-refractivity contribution < 1.29 is 8.42 Å². The number of fused-ring (bicyclic) bond motifs is 1. The first-order valence-corrected chi connectivity index (χ1v) is 9.41. The van der Waals surface area contributed by atoms with Gasteiger partial charge in [0.25, 0.3) is 0 Å².